The van der Waals surface area contributed by atoms with E-state index in [1.54, 1.807) is 6.92 Å². The molecule has 0 aliphatic heterocycles. The molecule has 0 saturated heterocycles. The number of benzene rings is 2. The van der Waals surface area contributed by atoms with Crippen LogP contribution < -0.4 is 5.56 Å². The molecule has 0 fully saturated rings. The number of aromatic nitrogens is 3. The summed E-state index contributed by atoms with van der Waals surface area (Å²) < 4.78 is 54.7. The minimum Gasteiger partial charge on any atom is -0.350 e. The summed E-state index contributed by atoms with van der Waals surface area (Å²) in [5.41, 5.74) is -0.340. The van der Waals surface area contributed by atoms with Crippen molar-refractivity contribution in [2.24, 2.45) is 0 Å². The minimum absolute atomic E-state index is 0.00481. The number of fused-ring (bicyclic) bond motifs is 2. The van der Waals surface area contributed by atoms with Crippen LogP contribution in [0.1, 0.15) is 29.1 Å². The maximum atomic E-state index is 14.0. The fraction of sp³-hybridized carbons (Fsp3) is 0.150. The summed E-state index contributed by atoms with van der Waals surface area (Å²) in [5, 5.41) is 5.97. The maximum absolute atomic E-state index is 14.0. The lowest BCUT2D eigenvalue weighted by Gasteiger charge is -2.24. The first kappa shape index (κ1) is 19.6. The normalized spacial score (nSPS) is 12.5. The Morgan fingerprint density at radius 2 is 1.67 bits per heavy atom. The van der Waals surface area contributed by atoms with Crippen molar-refractivity contribution in [1.82, 2.24) is 20.1 Å². The molecule has 4 aromatic rings. The van der Waals surface area contributed by atoms with Crippen LogP contribution in [0.5, 0.6) is 0 Å². The number of rotatable bonds is 3. The quantitative estimate of drug-likeness (QED) is 0.497. The van der Waals surface area contributed by atoms with Gasteiger partial charge in [-0.15, -0.1) is 0 Å². The lowest BCUT2D eigenvalue weighted by molar-refractivity contribution is 0.0735. The van der Waals surface area contributed by atoms with Crippen molar-refractivity contribution < 1.29 is 22.4 Å². The first-order valence-electron chi connectivity index (χ1n) is 8.80. The van der Waals surface area contributed by atoms with E-state index in [1.165, 1.54) is 24.1 Å². The first-order valence-corrected chi connectivity index (χ1v) is 8.80. The van der Waals surface area contributed by atoms with Gasteiger partial charge in [0.15, 0.2) is 23.3 Å². The molecule has 0 spiro atoms. The summed E-state index contributed by atoms with van der Waals surface area (Å²) in [4.78, 5) is 28.8. The van der Waals surface area contributed by atoms with Gasteiger partial charge in [0.25, 0.3) is 11.5 Å². The highest BCUT2D eigenvalue weighted by atomic mass is 19.2. The van der Waals surface area contributed by atoms with Gasteiger partial charge in [-0.3, -0.25) is 9.59 Å². The second-order valence-corrected chi connectivity index (χ2v) is 6.85. The van der Waals surface area contributed by atoms with Gasteiger partial charge in [0.1, 0.15) is 5.69 Å². The first-order chi connectivity index (χ1) is 14.2. The Morgan fingerprint density at radius 3 is 2.37 bits per heavy atom. The number of H-pyrrole nitrogens is 2. The number of nitrogens with zero attached hydrogens (tertiary/aromatic N) is 2. The van der Waals surface area contributed by atoms with Gasteiger partial charge in [-0.05, 0) is 37.3 Å². The number of halogens is 4. The highest BCUT2D eigenvalue weighted by molar-refractivity contribution is 5.98. The third-order valence-corrected chi connectivity index (χ3v) is 5.08. The molecule has 2 aromatic carbocycles. The molecule has 10 heteroatoms. The number of carbonyl (C=O) groups is 1. The van der Waals surface area contributed by atoms with E-state index >= 15 is 0 Å². The van der Waals surface area contributed by atoms with E-state index in [9.17, 15) is 27.2 Å². The highest BCUT2D eigenvalue weighted by Gasteiger charge is 2.25. The second-order valence-electron chi connectivity index (χ2n) is 6.85. The average molecular weight is 418 g/mol. The van der Waals surface area contributed by atoms with Crippen LogP contribution in [0.25, 0.3) is 21.7 Å². The zero-order valence-electron chi connectivity index (χ0n) is 15.7. The Morgan fingerprint density at radius 1 is 1.00 bits per heavy atom. The van der Waals surface area contributed by atoms with Crippen molar-refractivity contribution >= 4 is 27.6 Å². The van der Waals surface area contributed by atoms with Crippen LogP contribution in [0.4, 0.5) is 17.6 Å². The molecule has 2 heterocycles. The van der Waals surface area contributed by atoms with Gasteiger partial charge in [-0.25, -0.2) is 22.7 Å². The van der Waals surface area contributed by atoms with E-state index in [-0.39, 0.29) is 33.1 Å². The molecular weight excluding hydrogens is 404 g/mol. The van der Waals surface area contributed by atoms with Crippen LogP contribution in [0.15, 0.2) is 35.1 Å². The Labute approximate surface area is 166 Å². The van der Waals surface area contributed by atoms with E-state index in [4.69, 9.17) is 0 Å². The monoisotopic (exact) mass is 418 g/mol. The van der Waals surface area contributed by atoms with Crippen LogP contribution in [-0.4, -0.2) is 33.0 Å². The van der Waals surface area contributed by atoms with Gasteiger partial charge in [0.2, 0.25) is 0 Å². The van der Waals surface area contributed by atoms with Crippen molar-refractivity contribution in [3.63, 3.8) is 0 Å². The lowest BCUT2D eigenvalue weighted by Crippen LogP contribution is -2.31. The van der Waals surface area contributed by atoms with Gasteiger partial charge in [0.05, 0.1) is 17.1 Å². The fourth-order valence-corrected chi connectivity index (χ4v) is 3.30. The topological polar surface area (TPSA) is 81.8 Å². The van der Waals surface area contributed by atoms with Gasteiger partial charge in [0, 0.05) is 23.3 Å². The molecule has 0 aliphatic carbocycles. The van der Waals surface area contributed by atoms with E-state index < -0.39 is 40.8 Å². The predicted molar refractivity (Wildman–Crippen MR) is 101 cm³/mol. The smallest absolute Gasteiger partial charge is 0.272 e. The zero-order valence-corrected chi connectivity index (χ0v) is 15.7. The van der Waals surface area contributed by atoms with Gasteiger partial charge in [-0.2, -0.15) is 5.10 Å². The zero-order chi connectivity index (χ0) is 21.7. The third kappa shape index (κ3) is 3.00. The SMILES string of the molecule is CC(c1n[nH]c(=O)c2cc(F)c(F)cc12)N(C)C(=O)c1cc2c(F)c(F)ccc2[nH]1. The Kier molecular flexibility index (Phi) is 4.56. The number of amides is 1. The summed E-state index contributed by atoms with van der Waals surface area (Å²) in [6.07, 6.45) is 0. The van der Waals surface area contributed by atoms with Crippen LogP contribution in [0.2, 0.25) is 0 Å². The van der Waals surface area contributed by atoms with E-state index in [0.717, 1.165) is 18.2 Å². The summed E-state index contributed by atoms with van der Waals surface area (Å²) in [6, 6.07) is 4.26. The third-order valence-electron chi connectivity index (χ3n) is 5.08. The van der Waals surface area contributed by atoms with E-state index in [0.29, 0.717) is 0 Å². The van der Waals surface area contributed by atoms with Crippen molar-refractivity contribution in [3.05, 3.63) is 75.3 Å². The summed E-state index contributed by atoms with van der Waals surface area (Å²) in [7, 11) is 1.42. The van der Waals surface area contributed by atoms with Crippen molar-refractivity contribution in [3.8, 4) is 0 Å². The molecule has 2 N–H and O–H groups in total. The molecule has 0 aliphatic rings. The van der Waals surface area contributed by atoms with Gasteiger partial charge in [-0.1, -0.05) is 0 Å². The fourth-order valence-electron chi connectivity index (χ4n) is 3.30. The standard InChI is InChI=1S/C20H14F4N4O2/c1-8(18-9-5-13(22)14(23)6-10(9)19(29)27-26-18)28(2)20(30)16-7-11-15(25-16)4-3-12(21)17(11)24/h3-8,25H,1-2H3,(H,27,29). The largest absolute Gasteiger partial charge is 0.350 e. The number of nitrogens with one attached hydrogen (secondary N) is 2. The van der Waals surface area contributed by atoms with Crippen molar-refractivity contribution in [2.75, 3.05) is 7.05 Å². The maximum Gasteiger partial charge on any atom is 0.272 e. The minimum atomic E-state index is -1.19. The molecule has 1 atom stereocenters. The highest BCUT2D eigenvalue weighted by Crippen LogP contribution is 2.27. The predicted octanol–water partition coefficient (Wildman–Crippen LogP) is 3.79. The molecule has 0 radical (unpaired) electrons. The molecule has 0 saturated carbocycles. The molecule has 30 heavy (non-hydrogen) atoms. The molecule has 0 bridgehead atoms. The molecule has 154 valence electrons. The number of hydrogen-bond donors (Lipinski definition) is 2. The van der Waals surface area contributed by atoms with Crippen molar-refractivity contribution in [2.45, 2.75) is 13.0 Å². The molecule has 1 unspecified atom stereocenters. The molecule has 2 aromatic heterocycles. The van der Waals surface area contributed by atoms with Gasteiger partial charge >= 0.3 is 0 Å². The van der Waals surface area contributed by atoms with Crippen LogP contribution in [-0.2, 0) is 0 Å². The van der Waals surface area contributed by atoms with Crippen molar-refractivity contribution in [1.29, 1.82) is 0 Å². The number of aromatic amines is 2. The lowest BCUT2D eigenvalue weighted by atomic mass is 10.1. The summed E-state index contributed by atoms with van der Waals surface area (Å²) in [5.74, 6) is -5.05. The van der Waals surface area contributed by atoms with Crippen LogP contribution >= 0.6 is 0 Å². The number of hydrogen-bond acceptors (Lipinski definition) is 3. The van der Waals surface area contributed by atoms with Crippen LogP contribution in [0, 0.1) is 23.3 Å². The van der Waals surface area contributed by atoms with Gasteiger partial charge < -0.3 is 9.88 Å². The Balaban J connectivity index is 1.75. The Hall–Kier alpha value is -3.69. The van der Waals surface area contributed by atoms with Crippen LogP contribution in [0.3, 0.4) is 0 Å². The average Bonchev–Trinajstić information content (AvgIpc) is 3.16. The summed E-state index contributed by atoms with van der Waals surface area (Å²) in [6.45, 7) is 1.57. The Bertz CT molecular complexity index is 1380. The second kappa shape index (κ2) is 6.97. The molecule has 1 amide bonds. The van der Waals surface area contributed by atoms with E-state index in [1.807, 2.05) is 0 Å². The van der Waals surface area contributed by atoms with E-state index in [2.05, 4.69) is 15.2 Å². The molecule has 4 rings (SSSR count). The molecular formula is C20H14F4N4O2. The number of carbonyl (C=O) groups excluding carboxylic acids is 1. The molecule has 6 nitrogen and oxygen atoms in total. The summed E-state index contributed by atoms with van der Waals surface area (Å²) >= 11 is 0.